The van der Waals surface area contributed by atoms with Gasteiger partial charge in [-0.25, -0.2) is 0 Å². The Hall–Kier alpha value is -2.15. The zero-order chi connectivity index (χ0) is 16.5. The number of hydrogen-bond donors (Lipinski definition) is 1. The van der Waals surface area contributed by atoms with Crippen LogP contribution in [0.3, 0.4) is 0 Å². The number of aromatic nitrogens is 2. The predicted octanol–water partition coefficient (Wildman–Crippen LogP) is 3.76. The molecule has 0 spiro atoms. The Morgan fingerprint density at radius 1 is 1.26 bits per heavy atom. The van der Waals surface area contributed by atoms with Crippen LogP contribution in [0.1, 0.15) is 43.0 Å². The van der Waals surface area contributed by atoms with Gasteiger partial charge in [0.15, 0.2) is 11.5 Å². The zero-order valence-corrected chi connectivity index (χ0v) is 14.2. The van der Waals surface area contributed by atoms with E-state index >= 15 is 0 Å². The molecule has 1 heterocycles. The average Bonchev–Trinajstić information content (AvgIpc) is 3.07. The number of carbonyl (C=O) groups excluding carboxylic acids is 1. The maximum atomic E-state index is 12.2. The van der Waals surface area contributed by atoms with Gasteiger partial charge in [0, 0.05) is 5.56 Å². The van der Waals surface area contributed by atoms with Crippen molar-refractivity contribution in [3.05, 3.63) is 29.3 Å². The molecule has 0 atom stereocenters. The van der Waals surface area contributed by atoms with E-state index in [2.05, 4.69) is 22.4 Å². The first-order valence-corrected chi connectivity index (χ1v) is 8.51. The molecule has 6 nitrogen and oxygen atoms in total. The monoisotopic (exact) mass is 335 g/mol. The summed E-state index contributed by atoms with van der Waals surface area (Å²) < 4.78 is 11.1. The van der Waals surface area contributed by atoms with Crippen LogP contribution in [0.15, 0.2) is 23.7 Å². The van der Waals surface area contributed by atoms with E-state index in [4.69, 9.17) is 9.47 Å². The van der Waals surface area contributed by atoms with Crippen LogP contribution in [0.5, 0.6) is 11.5 Å². The van der Waals surface area contributed by atoms with Crippen molar-refractivity contribution in [3.63, 3.8) is 0 Å². The fourth-order valence-corrected chi connectivity index (χ4v) is 2.48. The first-order chi connectivity index (χ1) is 11.2. The molecule has 1 amide bonds. The SMILES string of the molecule is CCCCCCOc1ccc(C(=O)Nc2nncs2)cc1OC. The van der Waals surface area contributed by atoms with Gasteiger partial charge in [0.1, 0.15) is 5.51 Å². The van der Waals surface area contributed by atoms with Gasteiger partial charge in [-0.3, -0.25) is 10.1 Å². The van der Waals surface area contributed by atoms with E-state index in [1.807, 2.05) is 0 Å². The first kappa shape index (κ1) is 17.2. The molecule has 1 aromatic carbocycles. The molecule has 0 unspecified atom stereocenters. The molecule has 0 radical (unpaired) electrons. The quantitative estimate of drug-likeness (QED) is 0.706. The minimum Gasteiger partial charge on any atom is -0.493 e. The van der Waals surface area contributed by atoms with Gasteiger partial charge in [0.2, 0.25) is 5.13 Å². The summed E-state index contributed by atoms with van der Waals surface area (Å²) in [5, 5.41) is 10.6. The smallest absolute Gasteiger partial charge is 0.257 e. The number of anilines is 1. The normalized spacial score (nSPS) is 10.3. The summed E-state index contributed by atoms with van der Waals surface area (Å²) in [6.45, 7) is 2.82. The van der Waals surface area contributed by atoms with Crippen molar-refractivity contribution in [2.75, 3.05) is 19.0 Å². The third-order valence-corrected chi connectivity index (χ3v) is 3.87. The Morgan fingerprint density at radius 2 is 2.13 bits per heavy atom. The van der Waals surface area contributed by atoms with Crippen molar-refractivity contribution in [2.24, 2.45) is 0 Å². The van der Waals surface area contributed by atoms with Gasteiger partial charge in [-0.1, -0.05) is 37.5 Å². The first-order valence-electron chi connectivity index (χ1n) is 7.63. The molecule has 0 fully saturated rings. The summed E-state index contributed by atoms with van der Waals surface area (Å²) >= 11 is 1.27. The number of hydrogen-bond acceptors (Lipinski definition) is 6. The van der Waals surface area contributed by atoms with Gasteiger partial charge >= 0.3 is 0 Å². The van der Waals surface area contributed by atoms with Crippen molar-refractivity contribution in [1.82, 2.24) is 10.2 Å². The highest BCUT2D eigenvalue weighted by Crippen LogP contribution is 2.28. The van der Waals surface area contributed by atoms with Crippen LogP contribution in [-0.2, 0) is 0 Å². The van der Waals surface area contributed by atoms with Crippen LogP contribution in [-0.4, -0.2) is 29.8 Å². The number of nitrogens with zero attached hydrogens (tertiary/aromatic N) is 2. The largest absolute Gasteiger partial charge is 0.493 e. The van der Waals surface area contributed by atoms with E-state index in [0.29, 0.717) is 28.8 Å². The molecule has 7 heteroatoms. The molecule has 0 aliphatic rings. The average molecular weight is 335 g/mol. The molecule has 23 heavy (non-hydrogen) atoms. The second-order valence-corrected chi connectivity index (χ2v) is 5.81. The fraction of sp³-hybridized carbons (Fsp3) is 0.438. The minimum atomic E-state index is -0.255. The Kier molecular flexibility index (Phi) is 6.80. The summed E-state index contributed by atoms with van der Waals surface area (Å²) in [6.07, 6.45) is 4.57. The van der Waals surface area contributed by atoms with Crippen molar-refractivity contribution in [2.45, 2.75) is 32.6 Å². The second-order valence-electron chi connectivity index (χ2n) is 4.97. The molecule has 0 saturated heterocycles. The number of amides is 1. The van der Waals surface area contributed by atoms with E-state index < -0.39 is 0 Å². The number of unbranched alkanes of at least 4 members (excludes halogenated alkanes) is 3. The minimum absolute atomic E-state index is 0.255. The lowest BCUT2D eigenvalue weighted by Crippen LogP contribution is -2.12. The third-order valence-electron chi connectivity index (χ3n) is 3.26. The molecule has 0 saturated carbocycles. The van der Waals surface area contributed by atoms with E-state index in [0.717, 1.165) is 12.8 Å². The number of carbonyl (C=O) groups is 1. The molecule has 1 N–H and O–H groups in total. The van der Waals surface area contributed by atoms with E-state index in [9.17, 15) is 4.79 Å². The molecule has 124 valence electrons. The lowest BCUT2D eigenvalue weighted by molar-refractivity contribution is 0.102. The lowest BCUT2D eigenvalue weighted by Gasteiger charge is -2.12. The summed E-state index contributed by atoms with van der Waals surface area (Å²) in [4.78, 5) is 12.2. The van der Waals surface area contributed by atoms with Gasteiger partial charge in [-0.15, -0.1) is 10.2 Å². The summed E-state index contributed by atoms with van der Waals surface area (Å²) in [5.41, 5.74) is 2.04. The van der Waals surface area contributed by atoms with Gasteiger partial charge in [-0.2, -0.15) is 0 Å². The summed E-state index contributed by atoms with van der Waals surface area (Å²) in [7, 11) is 1.56. The van der Waals surface area contributed by atoms with Crippen LogP contribution in [0.2, 0.25) is 0 Å². The van der Waals surface area contributed by atoms with E-state index in [1.165, 1.54) is 24.2 Å². The number of nitrogens with one attached hydrogen (secondary N) is 1. The van der Waals surface area contributed by atoms with Gasteiger partial charge in [-0.05, 0) is 24.6 Å². The highest BCUT2D eigenvalue weighted by molar-refractivity contribution is 7.13. The van der Waals surface area contributed by atoms with Crippen LogP contribution in [0, 0.1) is 0 Å². The summed E-state index contributed by atoms with van der Waals surface area (Å²) in [6, 6.07) is 5.13. The summed E-state index contributed by atoms with van der Waals surface area (Å²) in [5.74, 6) is 0.941. The zero-order valence-electron chi connectivity index (χ0n) is 13.4. The number of benzene rings is 1. The van der Waals surface area contributed by atoms with E-state index in [1.54, 1.807) is 30.8 Å². The second kappa shape index (κ2) is 9.09. The van der Waals surface area contributed by atoms with Crippen LogP contribution >= 0.6 is 11.3 Å². The predicted molar refractivity (Wildman–Crippen MR) is 90.5 cm³/mol. The van der Waals surface area contributed by atoms with Crippen molar-refractivity contribution in [3.8, 4) is 11.5 Å². The van der Waals surface area contributed by atoms with Crippen molar-refractivity contribution >= 4 is 22.4 Å². The Labute approximate surface area is 139 Å². The number of rotatable bonds is 9. The lowest BCUT2D eigenvalue weighted by atomic mass is 10.2. The molecule has 2 rings (SSSR count). The number of methoxy groups -OCH3 is 1. The molecular weight excluding hydrogens is 314 g/mol. The van der Waals surface area contributed by atoms with Crippen LogP contribution < -0.4 is 14.8 Å². The molecule has 1 aromatic heterocycles. The Bertz CT molecular complexity index is 617. The maximum Gasteiger partial charge on any atom is 0.257 e. The topological polar surface area (TPSA) is 73.3 Å². The van der Waals surface area contributed by atoms with Gasteiger partial charge in [0.25, 0.3) is 5.91 Å². The molecule has 2 aromatic rings. The Balaban J connectivity index is 1.96. The van der Waals surface area contributed by atoms with E-state index in [-0.39, 0.29) is 5.91 Å². The van der Waals surface area contributed by atoms with Crippen molar-refractivity contribution < 1.29 is 14.3 Å². The molecule has 0 aliphatic heterocycles. The Morgan fingerprint density at radius 3 is 2.83 bits per heavy atom. The molecular formula is C16H21N3O3S. The fourth-order valence-electron chi connectivity index (χ4n) is 2.04. The molecule has 0 bridgehead atoms. The highest BCUT2D eigenvalue weighted by atomic mass is 32.1. The maximum absolute atomic E-state index is 12.2. The standard InChI is InChI=1S/C16H21N3O3S/c1-3-4-5-6-9-22-13-8-7-12(10-14(13)21-2)15(20)18-16-19-17-11-23-16/h7-8,10-11H,3-6,9H2,1-2H3,(H,18,19,20). The number of ether oxygens (including phenoxy) is 2. The van der Waals surface area contributed by atoms with Gasteiger partial charge < -0.3 is 9.47 Å². The third kappa shape index (κ3) is 5.21. The molecule has 0 aliphatic carbocycles. The van der Waals surface area contributed by atoms with Gasteiger partial charge in [0.05, 0.1) is 13.7 Å². The van der Waals surface area contributed by atoms with Crippen LogP contribution in [0.4, 0.5) is 5.13 Å². The van der Waals surface area contributed by atoms with Crippen LogP contribution in [0.25, 0.3) is 0 Å². The van der Waals surface area contributed by atoms with Crippen molar-refractivity contribution in [1.29, 1.82) is 0 Å². The highest BCUT2D eigenvalue weighted by Gasteiger charge is 2.12.